The van der Waals surface area contributed by atoms with Gasteiger partial charge in [0.15, 0.2) is 19.7 Å². The molecule has 5 nitrogen and oxygen atoms in total. The van der Waals surface area contributed by atoms with Crippen LogP contribution in [0.4, 0.5) is 10.1 Å². The number of rotatable bonds is 2. The predicted octanol–water partition coefficient (Wildman–Crippen LogP) is 0.369. The van der Waals surface area contributed by atoms with Gasteiger partial charge in [0.25, 0.3) is 0 Å². The van der Waals surface area contributed by atoms with Crippen LogP contribution in [0, 0.1) is 5.82 Å². The minimum atomic E-state index is -3.85. The molecule has 1 fully saturated rings. The molecule has 2 N–H and O–H groups in total. The molecule has 1 aromatic rings. The molecule has 100 valence electrons. The summed E-state index contributed by atoms with van der Waals surface area (Å²) in [5.41, 5.74) is 5.38. The summed E-state index contributed by atoms with van der Waals surface area (Å²) in [5.74, 6) is -1.32. The van der Waals surface area contributed by atoms with E-state index >= 15 is 0 Å². The van der Waals surface area contributed by atoms with Crippen molar-refractivity contribution in [1.82, 2.24) is 0 Å². The van der Waals surface area contributed by atoms with E-state index in [9.17, 15) is 21.2 Å². The molecule has 0 spiro atoms. The van der Waals surface area contributed by atoms with Gasteiger partial charge in [0, 0.05) is 5.69 Å². The maximum absolute atomic E-state index is 13.1. The van der Waals surface area contributed by atoms with Crippen LogP contribution in [0.5, 0.6) is 0 Å². The maximum Gasteiger partial charge on any atom is 0.182 e. The summed E-state index contributed by atoms with van der Waals surface area (Å²) in [5, 5.41) is -1.01. The first-order valence-electron chi connectivity index (χ1n) is 5.21. The van der Waals surface area contributed by atoms with E-state index in [4.69, 9.17) is 5.73 Å². The smallest absolute Gasteiger partial charge is 0.182 e. The van der Waals surface area contributed by atoms with Gasteiger partial charge in [-0.2, -0.15) is 0 Å². The lowest BCUT2D eigenvalue weighted by Gasteiger charge is -2.10. The Bertz CT molecular complexity index is 662. The summed E-state index contributed by atoms with van der Waals surface area (Å²) >= 11 is 0. The van der Waals surface area contributed by atoms with Crippen molar-refractivity contribution in [3.63, 3.8) is 0 Å². The fourth-order valence-corrected chi connectivity index (χ4v) is 6.37. The molecule has 2 rings (SSSR count). The van der Waals surface area contributed by atoms with Gasteiger partial charge in [-0.05, 0) is 24.6 Å². The van der Waals surface area contributed by atoms with Gasteiger partial charge in [-0.15, -0.1) is 0 Å². The number of nitrogens with two attached hydrogens (primary N) is 1. The predicted molar refractivity (Wildman–Crippen MR) is 65.1 cm³/mol. The van der Waals surface area contributed by atoms with Crippen molar-refractivity contribution in [2.45, 2.75) is 16.6 Å². The molecule has 1 aromatic carbocycles. The van der Waals surface area contributed by atoms with Gasteiger partial charge >= 0.3 is 0 Å². The molecule has 0 aliphatic carbocycles. The summed E-state index contributed by atoms with van der Waals surface area (Å²) in [6.07, 6.45) is 0.0427. The number of sulfone groups is 2. The molecule has 1 unspecified atom stereocenters. The average molecular weight is 293 g/mol. The third kappa shape index (κ3) is 2.49. The van der Waals surface area contributed by atoms with Gasteiger partial charge in [-0.1, -0.05) is 0 Å². The molecule has 1 aliphatic rings. The first-order chi connectivity index (χ1) is 8.21. The first kappa shape index (κ1) is 13.3. The van der Waals surface area contributed by atoms with E-state index in [1.165, 1.54) is 0 Å². The average Bonchev–Trinajstić information content (AvgIpc) is 2.58. The molecule has 0 radical (unpaired) electrons. The number of nitrogen functional groups attached to an aromatic ring is 1. The van der Waals surface area contributed by atoms with Crippen molar-refractivity contribution in [2.75, 3.05) is 17.2 Å². The lowest BCUT2D eigenvalue weighted by molar-refractivity contribution is 0.579. The van der Waals surface area contributed by atoms with Crippen LogP contribution < -0.4 is 5.73 Å². The van der Waals surface area contributed by atoms with Crippen LogP contribution >= 0.6 is 0 Å². The van der Waals surface area contributed by atoms with Crippen LogP contribution in [0.1, 0.15) is 6.42 Å². The van der Waals surface area contributed by atoms with E-state index in [-0.39, 0.29) is 22.8 Å². The molecular weight excluding hydrogens is 281 g/mol. The van der Waals surface area contributed by atoms with E-state index in [0.29, 0.717) is 0 Å². The highest BCUT2D eigenvalue weighted by molar-refractivity contribution is 7.96. The lowest BCUT2D eigenvalue weighted by atomic mass is 10.3. The van der Waals surface area contributed by atoms with Crippen LogP contribution in [0.15, 0.2) is 23.1 Å². The van der Waals surface area contributed by atoms with Crippen LogP contribution in [-0.4, -0.2) is 33.6 Å². The van der Waals surface area contributed by atoms with E-state index < -0.39 is 36.5 Å². The molecule has 8 heteroatoms. The molecule has 1 aliphatic heterocycles. The van der Waals surface area contributed by atoms with Gasteiger partial charge < -0.3 is 5.73 Å². The van der Waals surface area contributed by atoms with Crippen LogP contribution in [0.25, 0.3) is 0 Å². The Morgan fingerprint density at radius 2 is 1.94 bits per heavy atom. The largest absolute Gasteiger partial charge is 0.399 e. The number of anilines is 1. The monoisotopic (exact) mass is 293 g/mol. The van der Waals surface area contributed by atoms with Crippen molar-refractivity contribution in [3.05, 3.63) is 24.0 Å². The van der Waals surface area contributed by atoms with Gasteiger partial charge in [0.2, 0.25) is 0 Å². The maximum atomic E-state index is 13.1. The standard InChI is InChI=1S/C10H12FNO4S2/c11-7-3-8(12)5-10(4-7)18(15,16)9-1-2-17(13,14)6-9/h3-5,9H,1-2,6,12H2. The van der Waals surface area contributed by atoms with Crippen molar-refractivity contribution in [3.8, 4) is 0 Å². The van der Waals surface area contributed by atoms with Gasteiger partial charge in [0.05, 0.1) is 21.7 Å². The van der Waals surface area contributed by atoms with Gasteiger partial charge in [0.1, 0.15) is 5.82 Å². The van der Waals surface area contributed by atoms with Crippen molar-refractivity contribution >= 4 is 25.4 Å². The molecule has 1 heterocycles. The minimum absolute atomic E-state index is 0.00516. The summed E-state index contributed by atoms with van der Waals surface area (Å²) < 4.78 is 60.0. The Kier molecular flexibility index (Phi) is 3.10. The Morgan fingerprint density at radius 3 is 2.44 bits per heavy atom. The van der Waals surface area contributed by atoms with Crippen LogP contribution in [0.2, 0.25) is 0 Å². The third-order valence-corrected chi connectivity index (χ3v) is 7.00. The molecular formula is C10H12FNO4S2. The molecule has 1 atom stereocenters. The van der Waals surface area contributed by atoms with Crippen molar-refractivity contribution < 1.29 is 21.2 Å². The summed E-state index contributed by atoms with van der Waals surface area (Å²) in [7, 11) is -7.16. The zero-order chi connectivity index (χ0) is 13.6. The van der Waals surface area contributed by atoms with E-state index in [0.717, 1.165) is 18.2 Å². The molecule has 0 saturated carbocycles. The van der Waals surface area contributed by atoms with E-state index in [2.05, 4.69) is 0 Å². The van der Waals surface area contributed by atoms with Gasteiger partial charge in [-0.3, -0.25) is 0 Å². The number of benzene rings is 1. The lowest BCUT2D eigenvalue weighted by Crippen LogP contribution is -2.23. The minimum Gasteiger partial charge on any atom is -0.399 e. The number of hydrogen-bond donors (Lipinski definition) is 1. The normalized spacial score (nSPS) is 23.1. The first-order valence-corrected chi connectivity index (χ1v) is 8.58. The highest BCUT2D eigenvalue weighted by Crippen LogP contribution is 2.27. The molecule has 0 bridgehead atoms. The fraction of sp³-hybridized carbons (Fsp3) is 0.400. The SMILES string of the molecule is Nc1cc(F)cc(S(=O)(=O)C2CCS(=O)(=O)C2)c1. The van der Waals surface area contributed by atoms with Crippen LogP contribution in [0.3, 0.4) is 0 Å². The summed E-state index contributed by atoms with van der Waals surface area (Å²) in [6, 6.07) is 3.00. The zero-order valence-corrected chi connectivity index (χ0v) is 11.0. The Balaban J connectivity index is 2.43. The Hall–Kier alpha value is -1.15. The molecule has 0 aromatic heterocycles. The molecule has 0 amide bonds. The second-order valence-corrected chi connectivity index (χ2v) is 8.75. The highest BCUT2D eigenvalue weighted by Gasteiger charge is 2.38. The Labute approximate surface area is 105 Å². The van der Waals surface area contributed by atoms with E-state index in [1.807, 2.05) is 0 Å². The number of halogens is 1. The topological polar surface area (TPSA) is 94.3 Å². The van der Waals surface area contributed by atoms with Gasteiger partial charge in [-0.25, -0.2) is 21.2 Å². The quantitative estimate of drug-likeness (QED) is 0.795. The summed E-state index contributed by atoms with van der Waals surface area (Å²) in [4.78, 5) is -0.262. The Morgan fingerprint density at radius 1 is 1.28 bits per heavy atom. The van der Waals surface area contributed by atoms with Crippen molar-refractivity contribution in [1.29, 1.82) is 0 Å². The molecule has 18 heavy (non-hydrogen) atoms. The van der Waals surface area contributed by atoms with Crippen LogP contribution in [-0.2, 0) is 19.7 Å². The van der Waals surface area contributed by atoms with E-state index in [1.54, 1.807) is 0 Å². The number of hydrogen-bond acceptors (Lipinski definition) is 5. The second-order valence-electron chi connectivity index (χ2n) is 4.29. The second kappa shape index (κ2) is 4.20. The zero-order valence-electron chi connectivity index (χ0n) is 9.34. The third-order valence-electron chi connectivity index (χ3n) is 2.85. The fourth-order valence-electron chi connectivity index (χ4n) is 1.95. The van der Waals surface area contributed by atoms with Crippen molar-refractivity contribution in [2.24, 2.45) is 0 Å². The molecule has 1 saturated heterocycles. The highest BCUT2D eigenvalue weighted by atomic mass is 32.2. The summed E-state index contributed by atoms with van der Waals surface area (Å²) in [6.45, 7) is 0.